The molecule has 0 heterocycles. The zero-order valence-corrected chi connectivity index (χ0v) is 15.4. The minimum absolute atomic E-state index is 0. The van der Waals surface area contributed by atoms with Crippen molar-refractivity contribution in [2.75, 3.05) is 0 Å². The lowest BCUT2D eigenvalue weighted by Gasteiger charge is -2.30. The fourth-order valence-electron chi connectivity index (χ4n) is 3.11. The van der Waals surface area contributed by atoms with E-state index in [2.05, 4.69) is 0 Å². The Hall–Kier alpha value is -3.76. The Kier molecular flexibility index (Phi) is 7.79. The van der Waals surface area contributed by atoms with Gasteiger partial charge in [-0.2, -0.15) is 0 Å². The summed E-state index contributed by atoms with van der Waals surface area (Å²) in [7, 11) is 0. The molecule has 0 atom stereocenters. The van der Waals surface area contributed by atoms with Crippen LogP contribution >= 0.6 is 0 Å². The number of hydrogen-bond acceptors (Lipinski definition) is 4. The molecule has 0 aliphatic rings. The Labute approximate surface area is 164 Å². The molecular weight excluding hydrogens is 388 g/mol. The number of carboxylic acid groups (broad SMARTS) is 4. The Morgan fingerprint density at radius 1 is 0.621 bits per heavy atom. The quantitative estimate of drug-likeness (QED) is 0.543. The fourth-order valence-corrected chi connectivity index (χ4v) is 3.11. The summed E-state index contributed by atoms with van der Waals surface area (Å²) in [6.07, 6.45) is 0. The third kappa shape index (κ3) is 4.39. The van der Waals surface area contributed by atoms with Crippen LogP contribution in [0.25, 0.3) is 0 Å². The number of aromatic carboxylic acids is 4. The van der Waals surface area contributed by atoms with Gasteiger partial charge >= 0.3 is 23.9 Å². The molecule has 0 saturated carbocycles. The molecule has 0 amide bonds. The summed E-state index contributed by atoms with van der Waals surface area (Å²) in [5.41, 5.74) is -3.05. The molecule has 0 aliphatic heterocycles. The predicted molar refractivity (Wildman–Crippen MR) is 100 cm³/mol. The van der Waals surface area contributed by atoms with Gasteiger partial charge in [-0.15, -0.1) is 0 Å². The van der Waals surface area contributed by atoms with E-state index in [4.69, 9.17) is 0 Å². The van der Waals surface area contributed by atoms with Crippen molar-refractivity contribution in [2.45, 2.75) is 19.3 Å². The second kappa shape index (κ2) is 8.95. The lowest BCUT2D eigenvalue weighted by atomic mass is 9.72. The molecule has 29 heavy (non-hydrogen) atoms. The van der Waals surface area contributed by atoms with Crippen molar-refractivity contribution >= 4 is 23.9 Å². The fraction of sp³-hybridized carbons (Fsp3) is 0.158. The van der Waals surface area contributed by atoms with E-state index < -0.39 is 51.5 Å². The van der Waals surface area contributed by atoms with Crippen LogP contribution in [0.5, 0.6) is 0 Å². The minimum Gasteiger partial charge on any atom is -0.478 e. The number of rotatable bonds is 6. The van der Waals surface area contributed by atoms with Crippen LogP contribution in [0.3, 0.4) is 0 Å². The maximum Gasteiger partial charge on any atom is 0.336 e. The first-order chi connectivity index (χ1) is 12.5. The summed E-state index contributed by atoms with van der Waals surface area (Å²) in [4.78, 5) is 46.3. The van der Waals surface area contributed by atoms with Crippen LogP contribution in [0.4, 0.5) is 0 Å². The highest BCUT2D eigenvalue weighted by Crippen LogP contribution is 2.37. The molecule has 0 aliphatic carbocycles. The highest BCUT2D eigenvalue weighted by molar-refractivity contribution is 6.05. The van der Waals surface area contributed by atoms with Crippen molar-refractivity contribution in [1.29, 1.82) is 0 Å². The molecule has 8 N–H and O–H groups in total. The van der Waals surface area contributed by atoms with Crippen molar-refractivity contribution in [1.82, 2.24) is 0 Å². The third-order valence-electron chi connectivity index (χ3n) is 4.36. The van der Waals surface area contributed by atoms with E-state index in [0.717, 1.165) is 12.1 Å². The van der Waals surface area contributed by atoms with Crippen molar-refractivity contribution in [3.8, 4) is 0 Å². The molecule has 0 fully saturated rings. The van der Waals surface area contributed by atoms with Crippen LogP contribution in [0.2, 0.25) is 0 Å². The van der Waals surface area contributed by atoms with Crippen LogP contribution in [0.1, 0.15) is 66.4 Å². The second-order valence-electron chi connectivity index (χ2n) is 6.30. The molecule has 0 saturated heterocycles. The standard InChI is InChI=1S/C19H16O8.2H2O/c1-19(2,11-7-3-5-9(15(20)21)13(11)17(24)25)12-8-4-6-10(16(22)23)14(12)18(26)27;;/h3-8H,1-2H3,(H,20,21)(H,22,23)(H,24,25)(H,26,27);2*1H2. The van der Waals surface area contributed by atoms with E-state index >= 15 is 0 Å². The highest BCUT2D eigenvalue weighted by atomic mass is 16.4. The molecule has 2 rings (SSSR count). The van der Waals surface area contributed by atoms with Gasteiger partial charge in [0.2, 0.25) is 0 Å². The first-order valence-electron chi connectivity index (χ1n) is 7.70. The number of carbonyl (C=O) groups is 4. The molecular formula is C19H20O10. The van der Waals surface area contributed by atoms with Crippen LogP contribution in [0.15, 0.2) is 36.4 Å². The van der Waals surface area contributed by atoms with Crippen molar-refractivity contribution in [3.63, 3.8) is 0 Å². The lowest BCUT2D eigenvalue weighted by molar-refractivity contribution is 0.0647. The molecule has 0 spiro atoms. The van der Waals surface area contributed by atoms with Crippen molar-refractivity contribution < 1.29 is 50.6 Å². The van der Waals surface area contributed by atoms with E-state index in [0.29, 0.717) is 0 Å². The van der Waals surface area contributed by atoms with Gasteiger partial charge in [-0.1, -0.05) is 38.1 Å². The molecule has 0 bridgehead atoms. The monoisotopic (exact) mass is 408 g/mol. The van der Waals surface area contributed by atoms with Gasteiger partial charge in [0.05, 0.1) is 22.3 Å². The summed E-state index contributed by atoms with van der Waals surface area (Å²) in [5, 5.41) is 37.7. The first kappa shape index (κ1) is 25.2. The maximum absolute atomic E-state index is 11.7. The molecule has 0 unspecified atom stereocenters. The summed E-state index contributed by atoms with van der Waals surface area (Å²) in [6.45, 7) is 3.02. The van der Waals surface area contributed by atoms with Gasteiger partial charge in [-0.3, -0.25) is 0 Å². The van der Waals surface area contributed by atoms with Gasteiger partial charge in [0.25, 0.3) is 0 Å². The van der Waals surface area contributed by atoms with E-state index in [-0.39, 0.29) is 22.1 Å². The molecule has 0 aromatic heterocycles. The third-order valence-corrected chi connectivity index (χ3v) is 4.36. The Morgan fingerprint density at radius 2 is 0.931 bits per heavy atom. The summed E-state index contributed by atoms with van der Waals surface area (Å²) >= 11 is 0. The first-order valence-corrected chi connectivity index (χ1v) is 7.70. The number of carboxylic acids is 4. The molecule has 10 heteroatoms. The average molecular weight is 408 g/mol. The topological polar surface area (TPSA) is 212 Å². The summed E-state index contributed by atoms with van der Waals surface area (Å²) < 4.78 is 0. The van der Waals surface area contributed by atoms with Gasteiger partial charge in [0.1, 0.15) is 0 Å². The Bertz CT molecular complexity index is 897. The molecule has 2 aromatic carbocycles. The van der Waals surface area contributed by atoms with Gasteiger partial charge in [0.15, 0.2) is 0 Å². The maximum atomic E-state index is 11.7. The average Bonchev–Trinajstić information content (AvgIpc) is 2.59. The number of benzene rings is 2. The summed E-state index contributed by atoms with van der Waals surface area (Å²) in [5.74, 6) is -5.85. The SMILES string of the molecule is CC(C)(c1cccc(C(=O)O)c1C(=O)O)c1cccc(C(=O)O)c1C(=O)O.O.O. The van der Waals surface area contributed by atoms with Crippen molar-refractivity contribution in [2.24, 2.45) is 0 Å². The number of hydrogen-bond donors (Lipinski definition) is 4. The van der Waals surface area contributed by atoms with Gasteiger partial charge in [-0.05, 0) is 23.3 Å². The van der Waals surface area contributed by atoms with Crippen LogP contribution < -0.4 is 0 Å². The van der Waals surface area contributed by atoms with Crippen LogP contribution in [0, 0.1) is 0 Å². The highest BCUT2D eigenvalue weighted by Gasteiger charge is 2.35. The Morgan fingerprint density at radius 3 is 1.17 bits per heavy atom. The zero-order chi connectivity index (χ0) is 20.5. The van der Waals surface area contributed by atoms with E-state index in [1.165, 1.54) is 38.1 Å². The van der Waals surface area contributed by atoms with E-state index in [9.17, 15) is 39.6 Å². The van der Waals surface area contributed by atoms with E-state index in [1.807, 2.05) is 0 Å². The molecule has 2 aromatic rings. The molecule has 10 nitrogen and oxygen atoms in total. The van der Waals surface area contributed by atoms with Crippen LogP contribution in [-0.2, 0) is 5.41 Å². The van der Waals surface area contributed by atoms with Gasteiger partial charge in [-0.25, -0.2) is 19.2 Å². The van der Waals surface area contributed by atoms with Gasteiger partial charge < -0.3 is 31.4 Å². The van der Waals surface area contributed by atoms with Gasteiger partial charge in [0, 0.05) is 5.41 Å². The molecule has 0 radical (unpaired) electrons. The lowest BCUT2D eigenvalue weighted by Crippen LogP contribution is -2.28. The minimum atomic E-state index is -1.48. The summed E-state index contributed by atoms with van der Waals surface area (Å²) in [6, 6.07) is 7.75. The normalized spacial score (nSPS) is 10.3. The zero-order valence-electron chi connectivity index (χ0n) is 15.4. The molecule has 156 valence electrons. The largest absolute Gasteiger partial charge is 0.478 e. The second-order valence-corrected chi connectivity index (χ2v) is 6.30. The predicted octanol–water partition coefficient (Wildman–Crippen LogP) is 1.16. The Balaban J connectivity index is 0.00000392. The van der Waals surface area contributed by atoms with Crippen molar-refractivity contribution in [3.05, 3.63) is 69.8 Å². The van der Waals surface area contributed by atoms with E-state index in [1.54, 1.807) is 0 Å². The smallest absolute Gasteiger partial charge is 0.336 e. The van der Waals surface area contributed by atoms with Crippen LogP contribution in [-0.4, -0.2) is 55.3 Å².